The van der Waals surface area contributed by atoms with E-state index in [2.05, 4.69) is 15.6 Å². The van der Waals surface area contributed by atoms with Crippen LogP contribution in [0, 0.1) is 0 Å². The number of pyridine rings is 1. The van der Waals surface area contributed by atoms with Gasteiger partial charge in [0.15, 0.2) is 0 Å². The van der Waals surface area contributed by atoms with Crippen LogP contribution in [0.1, 0.15) is 15.9 Å². The van der Waals surface area contributed by atoms with Crippen molar-refractivity contribution in [3.05, 3.63) is 59.9 Å². The third-order valence-corrected chi connectivity index (χ3v) is 2.85. The minimum absolute atomic E-state index is 0.256. The second-order valence-corrected chi connectivity index (χ2v) is 4.33. The van der Waals surface area contributed by atoms with Gasteiger partial charge in [-0.3, -0.25) is 4.98 Å². The molecule has 1 heterocycles. The van der Waals surface area contributed by atoms with Crippen molar-refractivity contribution in [1.82, 2.24) is 10.3 Å². The predicted molar refractivity (Wildman–Crippen MR) is 78.4 cm³/mol. The van der Waals surface area contributed by atoms with Gasteiger partial charge in [0.25, 0.3) is 0 Å². The molecule has 1 aromatic heterocycles. The molecule has 0 fully saturated rings. The largest absolute Gasteiger partial charge is 0.478 e. The summed E-state index contributed by atoms with van der Waals surface area (Å²) in [7, 11) is 0. The summed E-state index contributed by atoms with van der Waals surface area (Å²) in [5.41, 5.74) is 1.54. The van der Waals surface area contributed by atoms with Crippen LogP contribution in [-0.4, -0.2) is 28.6 Å². The van der Waals surface area contributed by atoms with Crippen LogP contribution in [0.5, 0.6) is 0 Å². The van der Waals surface area contributed by atoms with Crippen LogP contribution in [0.25, 0.3) is 0 Å². The summed E-state index contributed by atoms with van der Waals surface area (Å²) in [6, 6.07) is 9.84. The number of aromatic carboxylic acids is 1. The Kier molecular flexibility index (Phi) is 4.87. The molecule has 0 unspecified atom stereocenters. The molecule has 0 aliphatic carbocycles. The van der Waals surface area contributed by atoms with Gasteiger partial charge < -0.3 is 15.7 Å². The van der Waals surface area contributed by atoms with E-state index in [4.69, 9.17) is 5.11 Å². The number of carboxylic acids is 1. The van der Waals surface area contributed by atoms with E-state index in [1.54, 1.807) is 48.8 Å². The summed E-state index contributed by atoms with van der Waals surface area (Å²) < 4.78 is 0. The normalized spacial score (nSPS) is 9.90. The second kappa shape index (κ2) is 7.04. The van der Waals surface area contributed by atoms with Gasteiger partial charge in [-0.1, -0.05) is 18.2 Å². The van der Waals surface area contributed by atoms with Crippen molar-refractivity contribution in [2.24, 2.45) is 0 Å². The van der Waals surface area contributed by atoms with Gasteiger partial charge >= 0.3 is 12.0 Å². The number of nitrogens with zero attached hydrogens (tertiary/aromatic N) is 1. The summed E-state index contributed by atoms with van der Waals surface area (Å²) in [5, 5.41) is 14.4. The Morgan fingerprint density at radius 3 is 2.67 bits per heavy atom. The first-order valence-electron chi connectivity index (χ1n) is 6.43. The third kappa shape index (κ3) is 4.31. The molecule has 0 aliphatic heterocycles. The average molecular weight is 285 g/mol. The molecule has 108 valence electrons. The monoisotopic (exact) mass is 285 g/mol. The SMILES string of the molecule is O=C(NCCc1ccccc1C(=O)O)Nc1cccnc1. The Morgan fingerprint density at radius 1 is 1.14 bits per heavy atom. The molecule has 6 heteroatoms. The Balaban J connectivity index is 1.84. The molecule has 0 saturated carbocycles. The van der Waals surface area contributed by atoms with Crippen molar-refractivity contribution in [2.75, 3.05) is 11.9 Å². The maximum atomic E-state index is 11.7. The van der Waals surface area contributed by atoms with Crippen molar-refractivity contribution in [3.63, 3.8) is 0 Å². The molecular weight excluding hydrogens is 270 g/mol. The fourth-order valence-corrected chi connectivity index (χ4v) is 1.87. The lowest BCUT2D eigenvalue weighted by Gasteiger charge is -2.08. The highest BCUT2D eigenvalue weighted by Gasteiger charge is 2.09. The number of nitrogens with one attached hydrogen (secondary N) is 2. The quantitative estimate of drug-likeness (QED) is 0.785. The van der Waals surface area contributed by atoms with Crippen molar-refractivity contribution in [2.45, 2.75) is 6.42 Å². The summed E-state index contributed by atoms with van der Waals surface area (Å²) in [5.74, 6) is -0.967. The summed E-state index contributed by atoms with van der Waals surface area (Å²) in [6.07, 6.45) is 3.61. The summed E-state index contributed by atoms with van der Waals surface area (Å²) in [6.45, 7) is 0.344. The van der Waals surface area contributed by atoms with E-state index >= 15 is 0 Å². The number of benzene rings is 1. The number of aromatic nitrogens is 1. The zero-order valence-corrected chi connectivity index (χ0v) is 11.2. The number of carbonyl (C=O) groups is 2. The lowest BCUT2D eigenvalue weighted by atomic mass is 10.0. The Bertz CT molecular complexity index is 629. The molecule has 2 aromatic rings. The van der Waals surface area contributed by atoms with Gasteiger partial charge in [-0.15, -0.1) is 0 Å². The third-order valence-electron chi connectivity index (χ3n) is 2.85. The van der Waals surface area contributed by atoms with Crippen LogP contribution in [0.2, 0.25) is 0 Å². The topological polar surface area (TPSA) is 91.3 Å². The molecule has 3 N–H and O–H groups in total. The van der Waals surface area contributed by atoms with Crippen LogP contribution in [0.4, 0.5) is 10.5 Å². The summed E-state index contributed by atoms with van der Waals surface area (Å²) in [4.78, 5) is 26.6. The Labute approximate surface area is 121 Å². The predicted octanol–water partition coefficient (Wildman–Crippen LogP) is 2.14. The molecule has 0 saturated heterocycles. The minimum Gasteiger partial charge on any atom is -0.478 e. The lowest BCUT2D eigenvalue weighted by Crippen LogP contribution is -2.30. The molecule has 0 spiro atoms. The average Bonchev–Trinajstić information content (AvgIpc) is 2.48. The van der Waals surface area contributed by atoms with Crippen LogP contribution < -0.4 is 10.6 Å². The van der Waals surface area contributed by atoms with E-state index in [1.165, 1.54) is 0 Å². The number of rotatable bonds is 5. The number of carbonyl (C=O) groups excluding carboxylic acids is 1. The smallest absolute Gasteiger partial charge is 0.335 e. The molecular formula is C15H15N3O3. The number of hydrogen-bond acceptors (Lipinski definition) is 3. The molecule has 0 bridgehead atoms. The van der Waals surface area contributed by atoms with E-state index in [9.17, 15) is 9.59 Å². The van der Waals surface area contributed by atoms with Gasteiger partial charge in [0.05, 0.1) is 17.4 Å². The molecule has 0 aliphatic rings. The molecule has 0 atom stereocenters. The Morgan fingerprint density at radius 2 is 1.95 bits per heavy atom. The van der Waals surface area contributed by atoms with E-state index in [0.717, 1.165) is 0 Å². The van der Waals surface area contributed by atoms with Gasteiger partial charge in [-0.25, -0.2) is 9.59 Å². The molecule has 2 amide bonds. The first-order valence-corrected chi connectivity index (χ1v) is 6.43. The first-order chi connectivity index (χ1) is 10.2. The van der Waals surface area contributed by atoms with Gasteiger partial charge in [0.1, 0.15) is 0 Å². The van der Waals surface area contributed by atoms with E-state index in [1.807, 2.05) is 0 Å². The van der Waals surface area contributed by atoms with Crippen molar-refractivity contribution < 1.29 is 14.7 Å². The lowest BCUT2D eigenvalue weighted by molar-refractivity contribution is 0.0695. The number of urea groups is 1. The molecule has 2 rings (SSSR count). The van der Waals surface area contributed by atoms with Crippen LogP contribution in [0.15, 0.2) is 48.8 Å². The van der Waals surface area contributed by atoms with Gasteiger partial charge in [-0.2, -0.15) is 0 Å². The van der Waals surface area contributed by atoms with E-state index in [0.29, 0.717) is 24.2 Å². The van der Waals surface area contributed by atoms with E-state index in [-0.39, 0.29) is 11.6 Å². The van der Waals surface area contributed by atoms with Crippen molar-refractivity contribution in [3.8, 4) is 0 Å². The van der Waals surface area contributed by atoms with E-state index < -0.39 is 5.97 Å². The fraction of sp³-hybridized carbons (Fsp3) is 0.133. The van der Waals surface area contributed by atoms with Crippen LogP contribution in [0.3, 0.4) is 0 Å². The number of carboxylic acid groups (broad SMARTS) is 1. The van der Waals surface area contributed by atoms with Crippen molar-refractivity contribution in [1.29, 1.82) is 0 Å². The Hall–Kier alpha value is -2.89. The number of anilines is 1. The second-order valence-electron chi connectivity index (χ2n) is 4.33. The first kappa shape index (κ1) is 14.5. The zero-order chi connectivity index (χ0) is 15.1. The zero-order valence-electron chi connectivity index (χ0n) is 11.2. The standard InChI is InChI=1S/C15H15N3O3/c19-14(20)13-6-2-1-4-11(13)7-9-17-15(21)18-12-5-3-8-16-10-12/h1-6,8,10H,7,9H2,(H,19,20)(H2,17,18,21). The number of amides is 2. The molecule has 21 heavy (non-hydrogen) atoms. The van der Waals surface area contributed by atoms with Crippen LogP contribution >= 0.6 is 0 Å². The molecule has 1 aromatic carbocycles. The highest BCUT2D eigenvalue weighted by Crippen LogP contribution is 2.09. The number of hydrogen-bond donors (Lipinski definition) is 3. The maximum Gasteiger partial charge on any atom is 0.335 e. The van der Waals surface area contributed by atoms with Gasteiger partial charge in [0.2, 0.25) is 0 Å². The minimum atomic E-state index is -0.967. The van der Waals surface area contributed by atoms with Crippen LogP contribution in [-0.2, 0) is 6.42 Å². The van der Waals surface area contributed by atoms with Gasteiger partial charge in [0, 0.05) is 12.7 Å². The van der Waals surface area contributed by atoms with Gasteiger partial charge in [-0.05, 0) is 30.2 Å². The van der Waals surface area contributed by atoms with Crippen molar-refractivity contribution >= 4 is 17.7 Å². The highest BCUT2D eigenvalue weighted by molar-refractivity contribution is 5.90. The maximum absolute atomic E-state index is 11.7. The fourth-order valence-electron chi connectivity index (χ4n) is 1.87. The molecule has 0 radical (unpaired) electrons. The highest BCUT2D eigenvalue weighted by atomic mass is 16.4. The molecule has 6 nitrogen and oxygen atoms in total. The summed E-state index contributed by atoms with van der Waals surface area (Å²) >= 11 is 0.